The number of carboxylic acid groups (broad SMARTS) is 1. The predicted molar refractivity (Wildman–Crippen MR) is 120 cm³/mol. The van der Waals surface area contributed by atoms with Crippen LogP contribution in [0.5, 0.6) is 0 Å². The number of fused-ring (bicyclic) bond motifs is 1. The van der Waals surface area contributed by atoms with Crippen molar-refractivity contribution in [1.82, 2.24) is 0 Å². The van der Waals surface area contributed by atoms with Crippen molar-refractivity contribution < 1.29 is 19.8 Å². The van der Waals surface area contributed by atoms with Crippen LogP contribution in [0.4, 0.5) is 0 Å². The summed E-state index contributed by atoms with van der Waals surface area (Å²) in [5, 5.41) is 19.4. The van der Waals surface area contributed by atoms with Gasteiger partial charge in [-0.1, -0.05) is 70.1 Å². The number of aliphatic hydroxyl groups is 1. The molecule has 3 rings (SSSR count). The van der Waals surface area contributed by atoms with Gasteiger partial charge in [-0.3, -0.25) is 9.59 Å². The first kappa shape index (κ1) is 23.6. The number of unbranched alkanes of at least 4 members (excludes halogenated alkanes) is 3. The van der Waals surface area contributed by atoms with E-state index in [1.165, 1.54) is 43.4 Å². The fourth-order valence-corrected chi connectivity index (χ4v) is 4.85. The van der Waals surface area contributed by atoms with Gasteiger partial charge in [-0.05, 0) is 42.7 Å². The lowest BCUT2D eigenvalue weighted by atomic mass is 9.98. The molecule has 0 aliphatic heterocycles. The molecule has 5 heteroatoms. The molecule has 0 bridgehead atoms. The minimum atomic E-state index is -0.830. The number of carbonyl (C=O) groups excluding carboxylic acids is 1. The molecular formula is C24H34O4S. The molecule has 1 atom stereocenters. The lowest BCUT2D eigenvalue weighted by Crippen LogP contribution is -2.20. The third kappa shape index (κ3) is 8.27. The highest BCUT2D eigenvalue weighted by atomic mass is 32.1. The van der Waals surface area contributed by atoms with Crippen LogP contribution in [0.25, 0.3) is 10.1 Å². The molecular weight excluding hydrogens is 384 g/mol. The maximum Gasteiger partial charge on any atom is 0.303 e. The number of aliphatic hydroxyl groups excluding tert-OH is 1. The summed E-state index contributed by atoms with van der Waals surface area (Å²) in [5.74, 6) is -0.0600. The molecule has 0 spiro atoms. The maximum atomic E-state index is 12.3. The lowest BCUT2D eigenvalue weighted by Gasteiger charge is -2.12. The van der Waals surface area contributed by atoms with Gasteiger partial charge < -0.3 is 10.2 Å². The van der Waals surface area contributed by atoms with Gasteiger partial charge in [0.05, 0.1) is 4.88 Å². The van der Waals surface area contributed by atoms with Gasteiger partial charge in [0.15, 0.2) is 0 Å². The lowest BCUT2D eigenvalue weighted by molar-refractivity contribution is -0.137. The summed E-state index contributed by atoms with van der Waals surface area (Å²) in [6, 6.07) is 9.87. The number of carboxylic acids is 1. The molecule has 1 aliphatic carbocycles. The number of hydrogen-bond donors (Lipinski definition) is 2. The highest BCUT2D eigenvalue weighted by Crippen LogP contribution is 2.30. The predicted octanol–water partition coefficient (Wildman–Crippen LogP) is 6.46. The van der Waals surface area contributed by atoms with Crippen LogP contribution in [-0.4, -0.2) is 28.1 Å². The van der Waals surface area contributed by atoms with E-state index in [4.69, 9.17) is 5.11 Å². The zero-order valence-corrected chi connectivity index (χ0v) is 18.3. The quantitative estimate of drug-likeness (QED) is 0.343. The van der Waals surface area contributed by atoms with Gasteiger partial charge in [-0.15, -0.1) is 11.3 Å². The second-order valence-corrected chi connectivity index (χ2v) is 9.04. The standard InChI is InChI=1S/C17H20O2S.C7H14O2/c18-14(10-9-12-5-1-2-6-12)17(19)16-11-13-7-3-4-8-15(13)20-16;1-2-3-4-5-6-7(8)9/h3-4,7-8,11-12,14,18H,1-2,5-6,9-10H2;2-6H2,1H3,(H,8,9). The van der Waals surface area contributed by atoms with Gasteiger partial charge in [-0.2, -0.15) is 0 Å². The van der Waals surface area contributed by atoms with Crippen LogP contribution >= 0.6 is 11.3 Å². The van der Waals surface area contributed by atoms with E-state index in [9.17, 15) is 14.7 Å². The van der Waals surface area contributed by atoms with E-state index in [1.807, 2.05) is 30.3 Å². The molecule has 0 amide bonds. The number of aliphatic carboxylic acids is 1. The molecule has 4 nitrogen and oxygen atoms in total. The van der Waals surface area contributed by atoms with Crippen LogP contribution in [-0.2, 0) is 4.79 Å². The summed E-state index contributed by atoms with van der Waals surface area (Å²) in [7, 11) is 0. The summed E-state index contributed by atoms with van der Waals surface area (Å²) < 4.78 is 1.11. The first-order valence-electron chi connectivity index (χ1n) is 10.9. The van der Waals surface area contributed by atoms with Crippen molar-refractivity contribution in [3.63, 3.8) is 0 Å². The molecule has 0 radical (unpaired) electrons. The Balaban J connectivity index is 0.000000284. The van der Waals surface area contributed by atoms with Crippen molar-refractivity contribution >= 4 is 33.2 Å². The highest BCUT2D eigenvalue weighted by Gasteiger charge is 2.22. The topological polar surface area (TPSA) is 74.6 Å². The fraction of sp³-hybridized carbons (Fsp3) is 0.583. The van der Waals surface area contributed by atoms with Crippen molar-refractivity contribution in [3.05, 3.63) is 35.2 Å². The number of ketones is 1. The second-order valence-electron chi connectivity index (χ2n) is 7.96. The monoisotopic (exact) mass is 418 g/mol. The Morgan fingerprint density at radius 1 is 1.14 bits per heavy atom. The van der Waals surface area contributed by atoms with Crippen LogP contribution in [0, 0.1) is 5.92 Å². The molecule has 2 aromatic rings. The molecule has 1 unspecified atom stereocenters. The van der Waals surface area contributed by atoms with Gasteiger partial charge in [-0.25, -0.2) is 0 Å². The SMILES string of the molecule is CCCCCCC(=O)O.O=C(c1cc2ccccc2s1)C(O)CCC1CCCC1. The summed E-state index contributed by atoms with van der Waals surface area (Å²) in [4.78, 5) is 22.9. The highest BCUT2D eigenvalue weighted by molar-refractivity contribution is 7.20. The third-order valence-corrected chi connectivity index (χ3v) is 6.67. The van der Waals surface area contributed by atoms with Crippen LogP contribution < -0.4 is 0 Å². The first-order valence-corrected chi connectivity index (χ1v) is 11.8. The second kappa shape index (κ2) is 12.8. The minimum absolute atomic E-state index is 0.107. The van der Waals surface area contributed by atoms with Gasteiger partial charge in [0.2, 0.25) is 5.78 Å². The Morgan fingerprint density at radius 2 is 1.86 bits per heavy atom. The maximum absolute atomic E-state index is 12.3. The van der Waals surface area contributed by atoms with Crippen molar-refractivity contribution in [3.8, 4) is 0 Å². The number of rotatable bonds is 10. The smallest absolute Gasteiger partial charge is 0.303 e. The Bertz CT molecular complexity index is 728. The van der Waals surface area contributed by atoms with E-state index in [-0.39, 0.29) is 5.78 Å². The van der Waals surface area contributed by atoms with Crippen LogP contribution in [0.3, 0.4) is 0 Å². The molecule has 1 heterocycles. The summed E-state index contributed by atoms with van der Waals surface area (Å²) in [6.45, 7) is 2.11. The van der Waals surface area contributed by atoms with Crippen LogP contribution in [0.15, 0.2) is 30.3 Å². The number of carbonyl (C=O) groups is 2. The van der Waals surface area contributed by atoms with Crippen molar-refractivity contribution in [2.75, 3.05) is 0 Å². The van der Waals surface area contributed by atoms with E-state index >= 15 is 0 Å². The van der Waals surface area contributed by atoms with Gasteiger partial charge in [0, 0.05) is 11.1 Å². The minimum Gasteiger partial charge on any atom is -0.481 e. The van der Waals surface area contributed by atoms with E-state index in [0.29, 0.717) is 17.7 Å². The Kier molecular flexibility index (Phi) is 10.4. The first-order chi connectivity index (χ1) is 14.0. The summed E-state index contributed by atoms with van der Waals surface area (Å²) in [5.41, 5.74) is 0. The van der Waals surface area contributed by atoms with Crippen LogP contribution in [0.1, 0.15) is 87.2 Å². The zero-order chi connectivity index (χ0) is 21.1. The van der Waals surface area contributed by atoms with E-state index < -0.39 is 12.1 Å². The molecule has 1 aromatic heterocycles. The number of benzene rings is 1. The molecule has 0 saturated heterocycles. The van der Waals surface area contributed by atoms with E-state index in [2.05, 4.69) is 6.92 Å². The summed E-state index contributed by atoms with van der Waals surface area (Å²) in [6.07, 6.45) is 10.5. The average molecular weight is 419 g/mol. The average Bonchev–Trinajstić information content (AvgIpc) is 3.38. The van der Waals surface area contributed by atoms with Crippen molar-refractivity contribution in [2.24, 2.45) is 5.92 Å². The van der Waals surface area contributed by atoms with Gasteiger partial charge in [0.1, 0.15) is 6.10 Å². The van der Waals surface area contributed by atoms with E-state index in [1.54, 1.807) is 0 Å². The van der Waals surface area contributed by atoms with Crippen molar-refractivity contribution in [1.29, 1.82) is 0 Å². The molecule has 2 N–H and O–H groups in total. The van der Waals surface area contributed by atoms with Gasteiger partial charge in [0.25, 0.3) is 0 Å². The molecule has 1 saturated carbocycles. The van der Waals surface area contributed by atoms with Crippen LogP contribution in [0.2, 0.25) is 0 Å². The molecule has 160 valence electrons. The number of hydrogen-bond acceptors (Lipinski definition) is 4. The zero-order valence-electron chi connectivity index (χ0n) is 17.4. The van der Waals surface area contributed by atoms with Crippen molar-refractivity contribution in [2.45, 2.75) is 83.7 Å². The molecule has 1 aliphatic rings. The number of Topliss-reactive ketones (excluding diaryl/α,β-unsaturated/α-hetero) is 1. The Morgan fingerprint density at radius 3 is 2.52 bits per heavy atom. The normalized spacial score (nSPS) is 15.1. The molecule has 1 aromatic carbocycles. The van der Waals surface area contributed by atoms with Gasteiger partial charge >= 0.3 is 5.97 Å². The third-order valence-electron chi connectivity index (χ3n) is 5.54. The fourth-order valence-electron chi connectivity index (χ4n) is 3.79. The Labute approximate surface area is 178 Å². The largest absolute Gasteiger partial charge is 0.481 e. The number of thiophene rings is 1. The summed E-state index contributed by atoms with van der Waals surface area (Å²) >= 11 is 1.48. The molecule has 29 heavy (non-hydrogen) atoms. The van der Waals surface area contributed by atoms with E-state index in [0.717, 1.165) is 41.7 Å². The Hall–Kier alpha value is -1.72. The molecule has 1 fully saturated rings.